The van der Waals surface area contributed by atoms with Crippen molar-refractivity contribution in [3.63, 3.8) is 0 Å². The number of quaternary nitrogens is 1. The van der Waals surface area contributed by atoms with Crippen LogP contribution >= 0.6 is 12.2 Å². The molecule has 0 amide bonds. The molecule has 0 radical (unpaired) electrons. The van der Waals surface area contributed by atoms with Crippen molar-refractivity contribution < 1.29 is 31.2 Å². The van der Waals surface area contributed by atoms with Gasteiger partial charge in [-0.25, -0.2) is 0 Å². The second kappa shape index (κ2) is 7.99. The number of likely N-dealkylation sites (tertiary alicyclic amines) is 1. The number of nitrogens with one attached hydrogen (secondary N) is 3. The third-order valence-electron chi connectivity index (χ3n) is 4.44. The van der Waals surface area contributed by atoms with Crippen LogP contribution in [0.2, 0.25) is 0 Å². The molecule has 3 N–H and O–H groups in total. The molecular weight excluding hydrogens is 380 g/mol. The van der Waals surface area contributed by atoms with E-state index in [2.05, 4.69) is 17.6 Å². The predicted octanol–water partition coefficient (Wildman–Crippen LogP) is 3.08. The number of thiocarbonyl (C=S) groups is 1. The Kier molecular flexibility index (Phi) is 6.38. The average molecular weight is 400 g/mol. The second-order valence-corrected chi connectivity index (χ2v) is 6.64. The van der Waals surface area contributed by atoms with Gasteiger partial charge in [0, 0.05) is 18.5 Å². The van der Waals surface area contributed by atoms with Gasteiger partial charge in [0.05, 0.1) is 30.8 Å². The van der Waals surface area contributed by atoms with Crippen LogP contribution in [0.3, 0.4) is 0 Å². The Balaban J connectivity index is 2.08. The van der Waals surface area contributed by atoms with E-state index < -0.39 is 23.5 Å². The fraction of sp³-hybridized carbons (Fsp3) is 0.562. The number of anilines is 1. The fourth-order valence-electron chi connectivity index (χ4n) is 3.11. The molecule has 10 heteroatoms. The van der Waals surface area contributed by atoms with E-state index in [1.54, 1.807) is 0 Å². The zero-order valence-corrected chi connectivity index (χ0v) is 14.8. The molecule has 3 nitrogen and oxygen atoms in total. The summed E-state index contributed by atoms with van der Waals surface area (Å²) in [6.45, 7) is 4.58. The maximum atomic E-state index is 12.9. The van der Waals surface area contributed by atoms with Crippen molar-refractivity contribution in [1.82, 2.24) is 5.32 Å². The van der Waals surface area contributed by atoms with Crippen LogP contribution in [0, 0.1) is 0 Å². The largest absolute Gasteiger partial charge is 0.416 e. The van der Waals surface area contributed by atoms with E-state index in [4.69, 9.17) is 12.2 Å². The summed E-state index contributed by atoms with van der Waals surface area (Å²) in [7, 11) is 0. The van der Waals surface area contributed by atoms with Crippen molar-refractivity contribution in [1.29, 1.82) is 0 Å². The molecule has 2 rings (SSSR count). The Morgan fingerprint density at radius 3 is 2.19 bits per heavy atom. The van der Waals surface area contributed by atoms with Gasteiger partial charge < -0.3 is 15.5 Å². The third-order valence-corrected chi connectivity index (χ3v) is 4.68. The summed E-state index contributed by atoms with van der Waals surface area (Å²) >= 11 is 5.02. The lowest BCUT2D eigenvalue weighted by molar-refractivity contribution is -0.909. The van der Waals surface area contributed by atoms with Gasteiger partial charge in [-0.2, -0.15) is 26.3 Å². The summed E-state index contributed by atoms with van der Waals surface area (Å²) in [6, 6.07) is 1.64. The quantitative estimate of drug-likeness (QED) is 0.536. The summed E-state index contributed by atoms with van der Waals surface area (Å²) in [5.74, 6) is 0. The first-order valence-electron chi connectivity index (χ1n) is 8.19. The van der Waals surface area contributed by atoms with Gasteiger partial charge >= 0.3 is 12.4 Å². The van der Waals surface area contributed by atoms with E-state index in [1.807, 2.05) is 0 Å². The molecule has 1 aliphatic heterocycles. The van der Waals surface area contributed by atoms with E-state index in [9.17, 15) is 26.3 Å². The molecule has 0 spiro atoms. The first kappa shape index (κ1) is 20.8. The highest BCUT2D eigenvalue weighted by Gasteiger charge is 2.37. The Labute approximate surface area is 152 Å². The van der Waals surface area contributed by atoms with E-state index in [-0.39, 0.29) is 16.9 Å². The third kappa shape index (κ3) is 5.47. The standard InChI is InChI=1S/C16H19F6N3S/c1-2-25-5-3-4-13(25)9-23-14(26)24-12-7-10(15(17,18)19)6-11(8-12)16(20,21)22/h6-8,13H,2-5,9H2,1H3,(H2,23,24,26)/p+1/t13-/m1/s1. The van der Waals surface area contributed by atoms with Gasteiger partial charge in [0.1, 0.15) is 6.04 Å². The van der Waals surface area contributed by atoms with Crippen molar-refractivity contribution in [2.24, 2.45) is 0 Å². The molecule has 0 bridgehead atoms. The minimum Gasteiger partial charge on any atom is -0.356 e. The number of hydrogen-bond donors (Lipinski definition) is 3. The minimum atomic E-state index is -4.89. The first-order chi connectivity index (χ1) is 12.0. The summed E-state index contributed by atoms with van der Waals surface area (Å²) in [6.07, 6.45) is -7.69. The van der Waals surface area contributed by atoms with Gasteiger partial charge in [-0.15, -0.1) is 0 Å². The van der Waals surface area contributed by atoms with Gasteiger partial charge in [-0.1, -0.05) is 0 Å². The van der Waals surface area contributed by atoms with Crippen molar-refractivity contribution in [3.05, 3.63) is 29.3 Å². The highest BCUT2D eigenvalue weighted by atomic mass is 32.1. The number of alkyl halides is 6. The number of hydrogen-bond acceptors (Lipinski definition) is 1. The second-order valence-electron chi connectivity index (χ2n) is 6.23. The van der Waals surface area contributed by atoms with Crippen LogP contribution in [-0.2, 0) is 12.4 Å². The number of halogens is 6. The number of benzene rings is 1. The monoisotopic (exact) mass is 400 g/mol. The molecule has 1 aliphatic rings. The molecule has 0 aliphatic carbocycles. The van der Waals surface area contributed by atoms with Crippen molar-refractivity contribution >= 4 is 23.0 Å². The Hall–Kier alpha value is -1.55. The molecule has 0 saturated carbocycles. The number of rotatable bonds is 4. The zero-order chi connectivity index (χ0) is 19.5. The lowest BCUT2D eigenvalue weighted by Gasteiger charge is -2.21. The molecule has 1 heterocycles. The van der Waals surface area contributed by atoms with E-state index in [1.165, 1.54) is 4.90 Å². The molecule has 2 atom stereocenters. The van der Waals surface area contributed by atoms with Crippen LogP contribution in [0.4, 0.5) is 32.0 Å². The topological polar surface area (TPSA) is 28.5 Å². The highest BCUT2D eigenvalue weighted by molar-refractivity contribution is 7.80. The summed E-state index contributed by atoms with van der Waals surface area (Å²) < 4.78 is 77.2. The molecule has 146 valence electrons. The maximum absolute atomic E-state index is 12.9. The molecular formula is C16H20F6N3S+. The SMILES string of the molecule is CC[NH+]1CCC[C@@H]1CNC(=S)Nc1cc(C(F)(F)F)cc(C(F)(F)F)c1. The smallest absolute Gasteiger partial charge is 0.356 e. The van der Waals surface area contributed by atoms with Crippen molar-refractivity contribution in [3.8, 4) is 0 Å². The minimum absolute atomic E-state index is 0.000183. The summed E-state index contributed by atoms with van der Waals surface area (Å²) in [5.41, 5.74) is -3.11. The van der Waals surface area contributed by atoms with Crippen molar-refractivity contribution in [2.75, 3.05) is 25.0 Å². The molecule has 1 aromatic carbocycles. The molecule has 26 heavy (non-hydrogen) atoms. The molecule has 0 aromatic heterocycles. The highest BCUT2D eigenvalue weighted by Crippen LogP contribution is 2.37. The van der Waals surface area contributed by atoms with E-state index in [0.29, 0.717) is 24.7 Å². The number of likely N-dealkylation sites (N-methyl/N-ethyl adjacent to an activating group) is 1. The van der Waals surface area contributed by atoms with Gasteiger partial charge in [-0.3, -0.25) is 0 Å². The van der Waals surface area contributed by atoms with Crippen LogP contribution in [0.15, 0.2) is 18.2 Å². The van der Waals surface area contributed by atoms with Gasteiger partial charge in [0.25, 0.3) is 0 Å². The van der Waals surface area contributed by atoms with Crippen molar-refractivity contribution in [2.45, 2.75) is 38.2 Å². The lowest BCUT2D eigenvalue weighted by Crippen LogP contribution is -3.14. The Bertz CT molecular complexity index is 612. The van der Waals surface area contributed by atoms with Crippen LogP contribution < -0.4 is 15.5 Å². The van der Waals surface area contributed by atoms with Crippen LogP contribution in [0.5, 0.6) is 0 Å². The average Bonchev–Trinajstić information content (AvgIpc) is 2.98. The van der Waals surface area contributed by atoms with E-state index >= 15 is 0 Å². The van der Waals surface area contributed by atoms with Crippen LogP contribution in [-0.4, -0.2) is 30.8 Å². The molecule has 1 fully saturated rings. The molecule has 1 unspecified atom stereocenters. The maximum Gasteiger partial charge on any atom is 0.416 e. The molecule has 1 aromatic rings. The molecule has 1 saturated heterocycles. The first-order valence-corrected chi connectivity index (χ1v) is 8.60. The normalized spacial score (nSPS) is 20.9. The Morgan fingerprint density at radius 1 is 1.12 bits per heavy atom. The van der Waals surface area contributed by atoms with Gasteiger partial charge in [-0.05, 0) is 37.3 Å². The fourth-order valence-corrected chi connectivity index (χ4v) is 3.32. The van der Waals surface area contributed by atoms with Crippen LogP contribution in [0.25, 0.3) is 0 Å². The van der Waals surface area contributed by atoms with E-state index in [0.717, 1.165) is 25.9 Å². The van der Waals surface area contributed by atoms with Gasteiger partial charge in [0.2, 0.25) is 0 Å². The summed E-state index contributed by atoms with van der Waals surface area (Å²) in [4.78, 5) is 1.40. The predicted molar refractivity (Wildman–Crippen MR) is 90.1 cm³/mol. The zero-order valence-electron chi connectivity index (χ0n) is 14.0. The van der Waals surface area contributed by atoms with Gasteiger partial charge in [0.15, 0.2) is 5.11 Å². The summed E-state index contributed by atoms with van der Waals surface area (Å²) in [5, 5.41) is 5.33. The van der Waals surface area contributed by atoms with Crippen LogP contribution in [0.1, 0.15) is 30.9 Å². The lowest BCUT2D eigenvalue weighted by atomic mass is 10.1. The Morgan fingerprint density at radius 2 is 1.69 bits per heavy atom.